The number of hydrogen-bond donors (Lipinski definition) is 2. The zero-order chi connectivity index (χ0) is 10.9. The standard InChI is InChI=1S/C10H21N3OS/c11-10(15)2-4-12-3-1-5-13-6-8-14-9-7-13/h12H,1-9H2,(H2,11,15). The summed E-state index contributed by atoms with van der Waals surface area (Å²) in [6, 6.07) is 0. The summed E-state index contributed by atoms with van der Waals surface area (Å²) in [5, 5.41) is 3.33. The van der Waals surface area contributed by atoms with Gasteiger partial charge in [-0.3, -0.25) is 4.90 Å². The molecule has 0 amide bonds. The van der Waals surface area contributed by atoms with E-state index in [-0.39, 0.29) is 0 Å². The molecule has 5 heteroatoms. The van der Waals surface area contributed by atoms with E-state index in [1.54, 1.807) is 0 Å². The van der Waals surface area contributed by atoms with Crippen molar-refractivity contribution in [3.63, 3.8) is 0 Å². The molecule has 88 valence electrons. The molecular weight excluding hydrogens is 210 g/mol. The molecule has 0 unspecified atom stereocenters. The number of hydrogen-bond acceptors (Lipinski definition) is 4. The van der Waals surface area contributed by atoms with Crippen molar-refractivity contribution in [1.82, 2.24) is 10.2 Å². The first kappa shape index (κ1) is 12.8. The van der Waals surface area contributed by atoms with Crippen LogP contribution in [0.5, 0.6) is 0 Å². The van der Waals surface area contributed by atoms with Crippen LogP contribution in [0.4, 0.5) is 0 Å². The van der Waals surface area contributed by atoms with Crippen molar-refractivity contribution in [2.24, 2.45) is 5.73 Å². The van der Waals surface area contributed by atoms with Gasteiger partial charge < -0.3 is 15.8 Å². The lowest BCUT2D eigenvalue weighted by atomic mass is 10.3. The van der Waals surface area contributed by atoms with Crippen LogP contribution in [0.3, 0.4) is 0 Å². The summed E-state index contributed by atoms with van der Waals surface area (Å²) in [5.41, 5.74) is 5.39. The molecule has 1 aliphatic heterocycles. The maximum Gasteiger partial charge on any atom is 0.0740 e. The van der Waals surface area contributed by atoms with Crippen LogP contribution in [0.25, 0.3) is 0 Å². The summed E-state index contributed by atoms with van der Waals surface area (Å²) in [4.78, 5) is 3.04. The molecule has 1 heterocycles. The fourth-order valence-corrected chi connectivity index (χ4v) is 1.69. The maximum atomic E-state index is 5.39. The number of nitrogens with zero attached hydrogens (tertiary/aromatic N) is 1. The highest BCUT2D eigenvalue weighted by molar-refractivity contribution is 7.80. The lowest BCUT2D eigenvalue weighted by molar-refractivity contribution is 0.0375. The van der Waals surface area contributed by atoms with E-state index in [0.717, 1.165) is 52.4 Å². The van der Waals surface area contributed by atoms with Gasteiger partial charge in [0.1, 0.15) is 0 Å². The number of nitrogens with two attached hydrogens (primary N) is 1. The Morgan fingerprint density at radius 2 is 2.07 bits per heavy atom. The average molecular weight is 231 g/mol. The zero-order valence-corrected chi connectivity index (χ0v) is 10.0. The van der Waals surface area contributed by atoms with Gasteiger partial charge in [0.2, 0.25) is 0 Å². The molecule has 1 fully saturated rings. The Kier molecular flexibility index (Phi) is 6.83. The van der Waals surface area contributed by atoms with Gasteiger partial charge >= 0.3 is 0 Å². The zero-order valence-electron chi connectivity index (χ0n) is 9.21. The minimum atomic E-state index is 0.593. The van der Waals surface area contributed by atoms with Crippen LogP contribution in [0.2, 0.25) is 0 Å². The molecular formula is C10H21N3OS. The van der Waals surface area contributed by atoms with Crippen LogP contribution in [0, 0.1) is 0 Å². The Bertz CT molecular complexity index is 184. The van der Waals surface area contributed by atoms with Crippen LogP contribution < -0.4 is 11.1 Å². The molecule has 0 atom stereocenters. The maximum absolute atomic E-state index is 5.39. The molecule has 0 radical (unpaired) electrons. The number of rotatable bonds is 7. The molecule has 0 spiro atoms. The minimum Gasteiger partial charge on any atom is -0.393 e. The molecule has 0 saturated carbocycles. The Balaban J connectivity index is 1.85. The van der Waals surface area contributed by atoms with Crippen molar-refractivity contribution in [2.45, 2.75) is 12.8 Å². The highest BCUT2D eigenvalue weighted by Gasteiger charge is 2.08. The minimum absolute atomic E-state index is 0.593. The average Bonchev–Trinajstić information content (AvgIpc) is 2.24. The highest BCUT2D eigenvalue weighted by atomic mass is 32.1. The van der Waals surface area contributed by atoms with Crippen LogP contribution in [0.1, 0.15) is 12.8 Å². The Morgan fingerprint density at radius 1 is 1.33 bits per heavy atom. The van der Waals surface area contributed by atoms with Crippen molar-refractivity contribution < 1.29 is 4.74 Å². The highest BCUT2D eigenvalue weighted by Crippen LogP contribution is 1.97. The quantitative estimate of drug-likeness (QED) is 0.476. The predicted octanol–water partition coefficient (Wildman–Crippen LogP) is -0.0255. The van der Waals surface area contributed by atoms with Gasteiger partial charge in [-0.1, -0.05) is 12.2 Å². The summed E-state index contributed by atoms with van der Waals surface area (Å²) in [5.74, 6) is 0. The second kappa shape index (κ2) is 7.98. The predicted molar refractivity (Wildman–Crippen MR) is 66.1 cm³/mol. The van der Waals surface area contributed by atoms with Crippen molar-refractivity contribution in [3.8, 4) is 0 Å². The van der Waals surface area contributed by atoms with E-state index in [0.29, 0.717) is 4.99 Å². The first-order valence-electron chi connectivity index (χ1n) is 5.58. The summed E-state index contributed by atoms with van der Waals surface area (Å²) in [6.07, 6.45) is 1.98. The van der Waals surface area contributed by atoms with Crippen LogP contribution in [-0.4, -0.2) is 55.8 Å². The molecule has 1 rings (SSSR count). The van der Waals surface area contributed by atoms with Crippen molar-refractivity contribution in [3.05, 3.63) is 0 Å². The topological polar surface area (TPSA) is 50.5 Å². The molecule has 4 nitrogen and oxygen atoms in total. The van der Waals surface area contributed by atoms with E-state index >= 15 is 0 Å². The second-order valence-electron chi connectivity index (χ2n) is 3.77. The first-order valence-corrected chi connectivity index (χ1v) is 5.99. The van der Waals surface area contributed by atoms with Gasteiger partial charge in [0.05, 0.1) is 18.2 Å². The van der Waals surface area contributed by atoms with Crippen molar-refractivity contribution >= 4 is 17.2 Å². The molecule has 0 aromatic carbocycles. The monoisotopic (exact) mass is 231 g/mol. The summed E-state index contributed by atoms with van der Waals surface area (Å²) < 4.78 is 5.29. The molecule has 0 bridgehead atoms. The van der Waals surface area contributed by atoms with E-state index < -0.39 is 0 Å². The van der Waals surface area contributed by atoms with Crippen LogP contribution >= 0.6 is 12.2 Å². The number of ether oxygens (including phenoxy) is 1. The SMILES string of the molecule is NC(=S)CCNCCCN1CCOCC1. The van der Waals surface area contributed by atoms with Crippen molar-refractivity contribution in [1.29, 1.82) is 0 Å². The molecule has 0 aromatic heterocycles. The third-order valence-electron chi connectivity index (χ3n) is 2.48. The normalized spacial score (nSPS) is 17.9. The summed E-state index contributed by atoms with van der Waals surface area (Å²) in [7, 11) is 0. The fourth-order valence-electron chi connectivity index (χ4n) is 1.59. The molecule has 0 aliphatic carbocycles. The van der Waals surface area contributed by atoms with E-state index in [4.69, 9.17) is 22.7 Å². The summed E-state index contributed by atoms with van der Waals surface area (Å²) in [6.45, 7) is 7.02. The molecule has 0 aromatic rings. The Labute approximate surface area is 97.1 Å². The van der Waals surface area contributed by atoms with Crippen LogP contribution in [-0.2, 0) is 4.74 Å². The Hall–Kier alpha value is -0.230. The third kappa shape index (κ3) is 6.78. The van der Waals surface area contributed by atoms with Crippen molar-refractivity contribution in [2.75, 3.05) is 45.9 Å². The number of nitrogens with one attached hydrogen (secondary N) is 1. The van der Waals surface area contributed by atoms with Gasteiger partial charge in [0.25, 0.3) is 0 Å². The molecule has 1 aliphatic rings. The van der Waals surface area contributed by atoms with E-state index in [9.17, 15) is 0 Å². The molecule has 1 saturated heterocycles. The van der Waals surface area contributed by atoms with Gasteiger partial charge in [0, 0.05) is 26.1 Å². The van der Waals surface area contributed by atoms with Gasteiger partial charge in [-0.05, 0) is 19.5 Å². The lowest BCUT2D eigenvalue weighted by Crippen LogP contribution is -2.37. The van der Waals surface area contributed by atoms with E-state index in [2.05, 4.69) is 10.2 Å². The van der Waals surface area contributed by atoms with Gasteiger partial charge in [0.15, 0.2) is 0 Å². The molecule has 3 N–H and O–H groups in total. The number of thiocarbonyl (C=S) groups is 1. The van der Waals surface area contributed by atoms with Crippen LogP contribution in [0.15, 0.2) is 0 Å². The second-order valence-corrected chi connectivity index (χ2v) is 4.30. The van der Waals surface area contributed by atoms with E-state index in [1.165, 1.54) is 6.42 Å². The Morgan fingerprint density at radius 3 is 2.73 bits per heavy atom. The van der Waals surface area contributed by atoms with Gasteiger partial charge in [-0.25, -0.2) is 0 Å². The van der Waals surface area contributed by atoms with Gasteiger partial charge in [-0.15, -0.1) is 0 Å². The smallest absolute Gasteiger partial charge is 0.0740 e. The fraction of sp³-hybridized carbons (Fsp3) is 0.900. The van der Waals surface area contributed by atoms with Gasteiger partial charge in [-0.2, -0.15) is 0 Å². The first-order chi connectivity index (χ1) is 7.29. The lowest BCUT2D eigenvalue weighted by Gasteiger charge is -2.26. The molecule has 15 heavy (non-hydrogen) atoms. The third-order valence-corrected chi connectivity index (χ3v) is 2.68. The van der Waals surface area contributed by atoms with E-state index in [1.807, 2.05) is 0 Å². The summed E-state index contributed by atoms with van der Waals surface area (Å²) >= 11 is 4.79. The number of morpholine rings is 1. The largest absolute Gasteiger partial charge is 0.393 e.